The van der Waals surface area contributed by atoms with E-state index in [0.29, 0.717) is 11.7 Å². The van der Waals surface area contributed by atoms with E-state index in [1.165, 1.54) is 6.20 Å². The summed E-state index contributed by atoms with van der Waals surface area (Å²) < 4.78 is 1.95. The molecule has 2 aromatic heterocycles. The van der Waals surface area contributed by atoms with Gasteiger partial charge in [-0.05, 0) is 0 Å². The standard InChI is InChI=1S/C10H12N4O2S/c1-14-5-4-11-8(14)2-3-12-10-13-6-7(17-10)9(15)16/h4-6H,2-3H2,1H3,(H,12,13)(H,15,16). The largest absolute Gasteiger partial charge is 0.477 e. The fraction of sp³-hybridized carbons (Fsp3) is 0.300. The summed E-state index contributed by atoms with van der Waals surface area (Å²) in [6, 6.07) is 0. The smallest absolute Gasteiger partial charge is 0.347 e. The third kappa shape index (κ3) is 2.82. The number of hydrogen-bond acceptors (Lipinski definition) is 5. The molecule has 0 saturated heterocycles. The summed E-state index contributed by atoms with van der Waals surface area (Å²) >= 11 is 1.13. The minimum atomic E-state index is -0.945. The molecule has 17 heavy (non-hydrogen) atoms. The molecule has 0 aromatic carbocycles. The van der Waals surface area contributed by atoms with E-state index in [9.17, 15) is 4.79 Å². The molecule has 90 valence electrons. The van der Waals surface area contributed by atoms with Gasteiger partial charge in [-0.2, -0.15) is 0 Å². The second-order valence-corrected chi connectivity index (χ2v) is 4.50. The number of aromatic carboxylic acids is 1. The van der Waals surface area contributed by atoms with Crippen molar-refractivity contribution in [1.29, 1.82) is 0 Å². The van der Waals surface area contributed by atoms with Crippen LogP contribution in [0.3, 0.4) is 0 Å². The number of thiazole rings is 1. The number of anilines is 1. The van der Waals surface area contributed by atoms with Crippen molar-refractivity contribution in [2.45, 2.75) is 6.42 Å². The van der Waals surface area contributed by atoms with Crippen molar-refractivity contribution in [3.8, 4) is 0 Å². The van der Waals surface area contributed by atoms with E-state index in [1.54, 1.807) is 6.20 Å². The van der Waals surface area contributed by atoms with Gasteiger partial charge >= 0.3 is 5.97 Å². The molecule has 0 radical (unpaired) electrons. The van der Waals surface area contributed by atoms with E-state index in [1.807, 2.05) is 17.8 Å². The van der Waals surface area contributed by atoms with Crippen molar-refractivity contribution in [3.63, 3.8) is 0 Å². The third-order valence-electron chi connectivity index (χ3n) is 2.26. The molecule has 7 heteroatoms. The number of aromatic nitrogens is 3. The SMILES string of the molecule is Cn1ccnc1CCNc1ncc(C(=O)O)s1. The van der Waals surface area contributed by atoms with E-state index in [-0.39, 0.29) is 4.88 Å². The molecule has 2 N–H and O–H groups in total. The Morgan fingerprint density at radius 1 is 1.59 bits per heavy atom. The summed E-state index contributed by atoms with van der Waals surface area (Å²) in [6.45, 7) is 0.678. The summed E-state index contributed by atoms with van der Waals surface area (Å²) in [5.41, 5.74) is 0. The third-order valence-corrected chi connectivity index (χ3v) is 3.21. The Kier molecular flexibility index (Phi) is 3.38. The van der Waals surface area contributed by atoms with Crippen molar-refractivity contribution in [2.75, 3.05) is 11.9 Å². The van der Waals surface area contributed by atoms with Gasteiger partial charge in [-0.1, -0.05) is 11.3 Å². The van der Waals surface area contributed by atoms with Crippen LogP contribution in [0, 0.1) is 0 Å². The van der Waals surface area contributed by atoms with Crippen LogP contribution in [0.5, 0.6) is 0 Å². The highest BCUT2D eigenvalue weighted by atomic mass is 32.1. The molecule has 2 rings (SSSR count). The second kappa shape index (κ2) is 4.96. The van der Waals surface area contributed by atoms with Crippen LogP contribution in [-0.4, -0.2) is 32.2 Å². The highest BCUT2D eigenvalue weighted by Gasteiger charge is 2.08. The Morgan fingerprint density at radius 3 is 3.00 bits per heavy atom. The van der Waals surface area contributed by atoms with Crippen molar-refractivity contribution < 1.29 is 9.90 Å². The summed E-state index contributed by atoms with van der Waals surface area (Å²) in [6.07, 6.45) is 5.77. The molecule has 0 aliphatic rings. The normalized spacial score (nSPS) is 10.4. The lowest BCUT2D eigenvalue weighted by atomic mass is 10.4. The van der Waals surface area contributed by atoms with Crippen LogP contribution < -0.4 is 5.32 Å². The first-order chi connectivity index (χ1) is 8.16. The lowest BCUT2D eigenvalue weighted by Gasteiger charge is -2.02. The van der Waals surface area contributed by atoms with Crippen molar-refractivity contribution in [2.24, 2.45) is 7.05 Å². The van der Waals surface area contributed by atoms with Gasteiger partial charge in [-0.15, -0.1) is 0 Å². The molecule has 0 saturated carbocycles. The van der Waals surface area contributed by atoms with Gasteiger partial charge in [-0.25, -0.2) is 14.8 Å². The number of carboxylic acids is 1. The van der Waals surface area contributed by atoms with Crippen LogP contribution in [0.2, 0.25) is 0 Å². The van der Waals surface area contributed by atoms with E-state index < -0.39 is 5.97 Å². The minimum absolute atomic E-state index is 0.240. The number of carbonyl (C=O) groups is 1. The number of nitrogens with zero attached hydrogens (tertiary/aromatic N) is 3. The lowest BCUT2D eigenvalue weighted by Crippen LogP contribution is -2.08. The van der Waals surface area contributed by atoms with Crippen LogP contribution in [0.4, 0.5) is 5.13 Å². The van der Waals surface area contributed by atoms with Crippen LogP contribution in [-0.2, 0) is 13.5 Å². The van der Waals surface area contributed by atoms with Gasteiger partial charge in [0.25, 0.3) is 0 Å². The zero-order valence-corrected chi connectivity index (χ0v) is 10.1. The van der Waals surface area contributed by atoms with Gasteiger partial charge in [0, 0.05) is 32.4 Å². The highest BCUT2D eigenvalue weighted by molar-refractivity contribution is 7.17. The Labute approximate surface area is 102 Å². The van der Waals surface area contributed by atoms with Crippen LogP contribution in [0.1, 0.15) is 15.5 Å². The Hall–Kier alpha value is -1.89. The Morgan fingerprint density at radius 2 is 2.41 bits per heavy atom. The predicted octanol–water partition coefficient (Wildman–Crippen LogP) is 1.23. The van der Waals surface area contributed by atoms with E-state index in [0.717, 1.165) is 23.6 Å². The minimum Gasteiger partial charge on any atom is -0.477 e. The van der Waals surface area contributed by atoms with Crippen molar-refractivity contribution in [1.82, 2.24) is 14.5 Å². The van der Waals surface area contributed by atoms with Crippen LogP contribution >= 0.6 is 11.3 Å². The van der Waals surface area contributed by atoms with E-state index >= 15 is 0 Å². The summed E-state index contributed by atoms with van der Waals surface area (Å²) in [4.78, 5) is 19.1. The summed E-state index contributed by atoms with van der Waals surface area (Å²) in [7, 11) is 1.94. The van der Waals surface area contributed by atoms with Crippen LogP contribution in [0.15, 0.2) is 18.6 Å². The van der Waals surface area contributed by atoms with Gasteiger partial charge in [0.1, 0.15) is 10.7 Å². The van der Waals surface area contributed by atoms with Gasteiger partial charge < -0.3 is 15.0 Å². The second-order valence-electron chi connectivity index (χ2n) is 3.47. The Bertz CT molecular complexity index is 520. The zero-order valence-electron chi connectivity index (χ0n) is 9.25. The molecule has 2 heterocycles. The number of carboxylic acid groups (broad SMARTS) is 1. The molecule has 0 spiro atoms. The fourth-order valence-electron chi connectivity index (χ4n) is 1.37. The highest BCUT2D eigenvalue weighted by Crippen LogP contribution is 2.17. The van der Waals surface area contributed by atoms with Gasteiger partial charge in [0.15, 0.2) is 5.13 Å². The van der Waals surface area contributed by atoms with Crippen LogP contribution in [0.25, 0.3) is 0 Å². The van der Waals surface area contributed by atoms with E-state index in [4.69, 9.17) is 5.11 Å². The van der Waals surface area contributed by atoms with Gasteiger partial charge in [0.05, 0.1) is 6.20 Å². The average molecular weight is 252 g/mol. The molecular formula is C10H12N4O2S. The molecule has 0 aliphatic heterocycles. The number of aryl methyl sites for hydroxylation is 1. The average Bonchev–Trinajstić information content (AvgIpc) is 2.89. The zero-order chi connectivity index (χ0) is 12.3. The summed E-state index contributed by atoms with van der Waals surface area (Å²) in [5.74, 6) is 0.0344. The first kappa shape index (κ1) is 11.6. The molecule has 0 aliphatic carbocycles. The quantitative estimate of drug-likeness (QED) is 0.836. The maximum atomic E-state index is 10.6. The molecule has 2 aromatic rings. The molecule has 0 bridgehead atoms. The topological polar surface area (TPSA) is 80.0 Å². The first-order valence-corrected chi connectivity index (χ1v) is 5.87. The molecule has 0 amide bonds. The molecule has 0 fully saturated rings. The maximum absolute atomic E-state index is 10.6. The number of nitrogens with one attached hydrogen (secondary N) is 1. The fourth-order valence-corrected chi connectivity index (χ4v) is 2.05. The monoisotopic (exact) mass is 252 g/mol. The maximum Gasteiger partial charge on any atom is 0.347 e. The molecule has 0 unspecified atom stereocenters. The number of imidazole rings is 1. The molecular weight excluding hydrogens is 240 g/mol. The number of rotatable bonds is 5. The van der Waals surface area contributed by atoms with Crippen molar-refractivity contribution in [3.05, 3.63) is 29.3 Å². The first-order valence-electron chi connectivity index (χ1n) is 5.06. The Balaban J connectivity index is 1.86. The van der Waals surface area contributed by atoms with Gasteiger partial charge in [-0.3, -0.25) is 0 Å². The lowest BCUT2D eigenvalue weighted by molar-refractivity contribution is 0.0702. The molecule has 0 atom stereocenters. The number of hydrogen-bond donors (Lipinski definition) is 2. The van der Waals surface area contributed by atoms with E-state index in [2.05, 4.69) is 15.3 Å². The van der Waals surface area contributed by atoms with Crippen molar-refractivity contribution >= 4 is 22.4 Å². The molecule has 6 nitrogen and oxygen atoms in total. The van der Waals surface area contributed by atoms with Gasteiger partial charge in [0.2, 0.25) is 0 Å². The summed E-state index contributed by atoms with van der Waals surface area (Å²) in [5, 5.41) is 12.4. The predicted molar refractivity (Wildman–Crippen MR) is 64.5 cm³/mol.